The number of carboxylic acids is 1. The lowest BCUT2D eigenvalue weighted by Crippen LogP contribution is -2.39. The number of nitrogens with one attached hydrogen (secondary N) is 1. The first kappa shape index (κ1) is 26.0. The van der Waals surface area contributed by atoms with Crippen LogP contribution in [-0.4, -0.2) is 35.7 Å². The Kier molecular flexibility index (Phi) is 7.91. The number of hydrogen-bond donors (Lipinski definition) is 2. The largest absolute Gasteiger partial charge is 0.481 e. The number of benzene rings is 2. The van der Waals surface area contributed by atoms with Crippen LogP contribution >= 0.6 is 0 Å². The molecule has 0 radical (unpaired) electrons. The number of carbonyl (C=O) groups is 2. The monoisotopic (exact) mass is 502 g/mol. The third-order valence-corrected chi connectivity index (χ3v) is 7.28. The van der Waals surface area contributed by atoms with Gasteiger partial charge in [-0.05, 0) is 55.4 Å². The molecule has 2 aliphatic carbocycles. The lowest BCUT2D eigenvalue weighted by molar-refractivity contribution is -0.138. The predicted octanol–water partition coefficient (Wildman–Crippen LogP) is 6.46. The van der Waals surface area contributed by atoms with Gasteiger partial charge in [0.15, 0.2) is 0 Å². The first-order valence-electron chi connectivity index (χ1n) is 12.7. The van der Waals surface area contributed by atoms with E-state index in [1.54, 1.807) is 17.0 Å². The Labute approximate surface area is 209 Å². The number of carboxylic acid groups (broad SMARTS) is 1. The maximum Gasteiger partial charge on any atom is 0.390 e. The standard InChI is InChI=1S/C28H33F3N2O3/c1-18-7-9-19(10-8-18)15-26(34)32-24-16-20(22-17-23(22)27(35)36)11-12-25(24)33(14-13-28(29,30)31)21-5-3-2-4-6-21/h7-12,16,21-23H,2-6,13-15,17H2,1H3,(H,32,34)(H,35,36)/t22?,23-/m1/s1. The van der Waals surface area contributed by atoms with Crippen molar-refractivity contribution in [3.8, 4) is 0 Å². The van der Waals surface area contributed by atoms with Gasteiger partial charge in [0.1, 0.15) is 0 Å². The Morgan fingerprint density at radius 1 is 1.06 bits per heavy atom. The summed E-state index contributed by atoms with van der Waals surface area (Å²) >= 11 is 0. The van der Waals surface area contributed by atoms with Gasteiger partial charge in [0.05, 0.1) is 30.1 Å². The van der Waals surface area contributed by atoms with Crippen LogP contribution in [0.1, 0.15) is 67.6 Å². The Bertz CT molecular complexity index is 1080. The third-order valence-electron chi connectivity index (χ3n) is 7.28. The van der Waals surface area contributed by atoms with Crippen LogP contribution < -0.4 is 10.2 Å². The van der Waals surface area contributed by atoms with Crippen LogP contribution in [0.25, 0.3) is 0 Å². The normalized spacial score (nSPS) is 20.1. The summed E-state index contributed by atoms with van der Waals surface area (Å²) in [5, 5.41) is 12.3. The van der Waals surface area contributed by atoms with Crippen LogP contribution in [0.5, 0.6) is 0 Å². The van der Waals surface area contributed by atoms with Gasteiger partial charge < -0.3 is 15.3 Å². The molecule has 0 aromatic heterocycles. The van der Waals surface area contributed by atoms with Crippen LogP contribution in [0.4, 0.5) is 24.5 Å². The molecule has 4 rings (SSSR count). The van der Waals surface area contributed by atoms with E-state index in [9.17, 15) is 27.9 Å². The van der Waals surface area contributed by atoms with E-state index in [1.165, 1.54) is 0 Å². The quantitative estimate of drug-likeness (QED) is 0.413. The Balaban J connectivity index is 1.63. The van der Waals surface area contributed by atoms with Crippen molar-refractivity contribution in [2.45, 2.75) is 76.4 Å². The summed E-state index contributed by atoms with van der Waals surface area (Å²) < 4.78 is 39.7. The molecule has 5 nitrogen and oxygen atoms in total. The van der Waals surface area contributed by atoms with Gasteiger partial charge in [-0.3, -0.25) is 9.59 Å². The van der Waals surface area contributed by atoms with Crippen molar-refractivity contribution in [1.82, 2.24) is 0 Å². The van der Waals surface area contributed by atoms with Crippen LogP contribution in [0, 0.1) is 12.8 Å². The van der Waals surface area contributed by atoms with Gasteiger partial charge in [-0.25, -0.2) is 0 Å². The second kappa shape index (κ2) is 10.9. The molecule has 0 saturated heterocycles. The van der Waals surface area contributed by atoms with E-state index in [1.807, 2.05) is 37.3 Å². The van der Waals surface area contributed by atoms with Crippen molar-refractivity contribution in [1.29, 1.82) is 0 Å². The van der Waals surface area contributed by atoms with Crippen molar-refractivity contribution in [3.63, 3.8) is 0 Å². The highest BCUT2D eigenvalue weighted by atomic mass is 19.4. The number of amides is 1. The summed E-state index contributed by atoms with van der Waals surface area (Å²) in [5.74, 6) is -1.74. The zero-order chi connectivity index (χ0) is 25.9. The number of aryl methyl sites for hydroxylation is 1. The highest BCUT2D eigenvalue weighted by Crippen LogP contribution is 2.49. The number of carbonyl (C=O) groups excluding carboxylic acids is 1. The summed E-state index contributed by atoms with van der Waals surface area (Å²) in [6.07, 6.45) is 0.0334. The molecule has 2 aliphatic rings. The molecule has 0 aliphatic heterocycles. The molecule has 2 saturated carbocycles. The average Bonchev–Trinajstić information content (AvgIpc) is 3.63. The molecule has 2 aromatic rings. The molecule has 1 amide bonds. The minimum absolute atomic E-state index is 0.0348. The number of rotatable bonds is 9. The molecular weight excluding hydrogens is 469 g/mol. The molecule has 194 valence electrons. The van der Waals surface area contributed by atoms with Crippen molar-refractivity contribution >= 4 is 23.3 Å². The minimum atomic E-state index is -4.29. The van der Waals surface area contributed by atoms with Crippen LogP contribution in [-0.2, 0) is 16.0 Å². The van der Waals surface area contributed by atoms with Crippen molar-refractivity contribution in [2.75, 3.05) is 16.8 Å². The minimum Gasteiger partial charge on any atom is -0.481 e. The summed E-state index contributed by atoms with van der Waals surface area (Å²) in [4.78, 5) is 26.2. The number of aliphatic carboxylic acids is 1. The molecule has 0 spiro atoms. The molecule has 0 bridgehead atoms. The molecule has 2 atom stereocenters. The van der Waals surface area contributed by atoms with Crippen molar-refractivity contribution in [2.24, 2.45) is 5.92 Å². The maximum absolute atomic E-state index is 13.2. The molecule has 2 N–H and O–H groups in total. The van der Waals surface area contributed by atoms with Crippen LogP contribution in [0.2, 0.25) is 0 Å². The third kappa shape index (κ3) is 6.80. The lowest BCUT2D eigenvalue weighted by Gasteiger charge is -2.37. The molecule has 36 heavy (non-hydrogen) atoms. The molecule has 0 heterocycles. The predicted molar refractivity (Wildman–Crippen MR) is 133 cm³/mol. The topological polar surface area (TPSA) is 69.6 Å². The highest BCUT2D eigenvalue weighted by Gasteiger charge is 2.44. The Morgan fingerprint density at radius 3 is 2.36 bits per heavy atom. The number of anilines is 2. The van der Waals surface area contributed by atoms with Gasteiger partial charge in [-0.1, -0.05) is 55.2 Å². The first-order chi connectivity index (χ1) is 17.1. The Hall–Kier alpha value is -3.03. The Morgan fingerprint density at radius 2 is 1.75 bits per heavy atom. The number of nitrogens with zero attached hydrogens (tertiary/aromatic N) is 1. The second-order valence-electron chi connectivity index (χ2n) is 10.1. The van der Waals surface area contributed by atoms with E-state index in [-0.39, 0.29) is 30.8 Å². The molecule has 1 unspecified atom stereocenters. The average molecular weight is 503 g/mol. The van der Waals surface area contributed by atoms with Gasteiger partial charge in [0, 0.05) is 12.6 Å². The fourth-order valence-electron chi connectivity index (χ4n) is 5.20. The second-order valence-corrected chi connectivity index (χ2v) is 10.1. The number of alkyl halides is 3. The number of halogens is 3. The van der Waals surface area contributed by atoms with E-state index in [2.05, 4.69) is 5.32 Å². The summed E-state index contributed by atoms with van der Waals surface area (Å²) in [6, 6.07) is 12.9. The SMILES string of the molecule is Cc1ccc(CC(=O)Nc2cc(C3C[C@H]3C(=O)O)ccc2N(CCC(F)(F)F)C2CCCCC2)cc1. The molecular formula is C28H33F3N2O3. The molecule has 2 aromatic carbocycles. The fraction of sp³-hybridized carbons (Fsp3) is 0.500. The zero-order valence-corrected chi connectivity index (χ0v) is 20.5. The molecule has 8 heteroatoms. The van der Waals surface area contributed by atoms with Crippen LogP contribution in [0.15, 0.2) is 42.5 Å². The summed E-state index contributed by atoms with van der Waals surface area (Å²) in [5.41, 5.74) is 3.73. The van der Waals surface area contributed by atoms with E-state index < -0.39 is 24.5 Å². The summed E-state index contributed by atoms with van der Waals surface area (Å²) in [7, 11) is 0. The van der Waals surface area contributed by atoms with Gasteiger partial charge in [0.2, 0.25) is 5.91 Å². The van der Waals surface area contributed by atoms with Crippen LogP contribution in [0.3, 0.4) is 0 Å². The maximum atomic E-state index is 13.2. The first-order valence-corrected chi connectivity index (χ1v) is 12.7. The van der Waals surface area contributed by atoms with Crippen molar-refractivity contribution < 1.29 is 27.9 Å². The highest BCUT2D eigenvalue weighted by molar-refractivity contribution is 5.96. The van der Waals surface area contributed by atoms with Gasteiger partial charge in [0.25, 0.3) is 0 Å². The smallest absolute Gasteiger partial charge is 0.390 e. The summed E-state index contributed by atoms with van der Waals surface area (Å²) in [6.45, 7) is 1.78. The van der Waals surface area contributed by atoms with E-state index in [0.29, 0.717) is 17.8 Å². The van der Waals surface area contributed by atoms with E-state index in [0.717, 1.165) is 48.8 Å². The van der Waals surface area contributed by atoms with E-state index >= 15 is 0 Å². The van der Waals surface area contributed by atoms with Gasteiger partial charge in [-0.2, -0.15) is 13.2 Å². The number of hydrogen-bond acceptors (Lipinski definition) is 3. The fourth-order valence-corrected chi connectivity index (χ4v) is 5.20. The lowest BCUT2D eigenvalue weighted by atomic mass is 9.93. The molecule has 2 fully saturated rings. The van der Waals surface area contributed by atoms with E-state index in [4.69, 9.17) is 0 Å². The zero-order valence-electron chi connectivity index (χ0n) is 20.5. The van der Waals surface area contributed by atoms with Gasteiger partial charge in [-0.15, -0.1) is 0 Å². The van der Waals surface area contributed by atoms with Crippen molar-refractivity contribution in [3.05, 3.63) is 59.2 Å². The van der Waals surface area contributed by atoms with Gasteiger partial charge >= 0.3 is 12.1 Å².